The van der Waals surface area contributed by atoms with E-state index in [4.69, 9.17) is 33.3 Å². The molecular formula is C26H25Cl2N5O3S. The number of carboxylic acid groups (broad SMARTS) is 1. The molecule has 4 aromatic rings. The van der Waals surface area contributed by atoms with Crippen molar-refractivity contribution in [2.45, 2.75) is 25.9 Å². The maximum atomic E-state index is 12.3. The van der Waals surface area contributed by atoms with E-state index < -0.39 is 5.97 Å². The molecule has 0 saturated carbocycles. The zero-order chi connectivity index (χ0) is 26.2. The number of aliphatic carboxylic acids is 1. The molecule has 1 amide bonds. The zero-order valence-corrected chi connectivity index (χ0v) is 22.1. The lowest BCUT2D eigenvalue weighted by molar-refractivity contribution is -0.136. The smallest absolute Gasteiger partial charge is 0.305 e. The second-order valence-electron chi connectivity index (χ2n) is 8.32. The van der Waals surface area contributed by atoms with Gasteiger partial charge in [-0.15, -0.1) is 11.3 Å². The van der Waals surface area contributed by atoms with Gasteiger partial charge in [0.1, 0.15) is 0 Å². The van der Waals surface area contributed by atoms with E-state index in [0.717, 1.165) is 41.5 Å². The lowest BCUT2D eigenvalue weighted by atomic mass is 10.1. The SMILES string of the molecule is O=C(O)CCNC(=O)c1ccc(CN(CCCn2ccnc2)c2nc(-c3ccc(Cl)c(Cl)c3)cs2)cc1. The minimum absolute atomic E-state index is 0.0891. The van der Waals surface area contributed by atoms with Gasteiger partial charge in [0.25, 0.3) is 5.91 Å². The molecule has 11 heteroatoms. The van der Waals surface area contributed by atoms with Gasteiger partial charge in [-0.2, -0.15) is 0 Å². The second kappa shape index (κ2) is 12.7. The fraction of sp³-hybridized carbons (Fsp3) is 0.231. The van der Waals surface area contributed by atoms with Crippen molar-refractivity contribution in [2.75, 3.05) is 18.0 Å². The van der Waals surface area contributed by atoms with Crippen LogP contribution in [0, 0.1) is 0 Å². The van der Waals surface area contributed by atoms with Gasteiger partial charge >= 0.3 is 5.97 Å². The number of nitrogens with zero attached hydrogens (tertiary/aromatic N) is 4. The number of imidazole rings is 1. The van der Waals surface area contributed by atoms with Gasteiger partial charge in [0.15, 0.2) is 5.13 Å². The van der Waals surface area contributed by atoms with Crippen molar-refractivity contribution in [2.24, 2.45) is 0 Å². The average molecular weight is 558 g/mol. The maximum absolute atomic E-state index is 12.3. The molecule has 0 atom stereocenters. The standard InChI is InChI=1S/C26H25Cl2N5O3S/c27-21-7-6-20(14-22(21)28)23-16-37-26(31-23)33(12-1-11-32-13-10-29-17-32)15-18-2-4-19(5-3-18)25(36)30-9-8-24(34)35/h2-7,10,13-14,16-17H,1,8-9,11-12,15H2,(H,30,36)(H,34,35). The van der Waals surface area contributed by atoms with Crippen molar-refractivity contribution in [1.82, 2.24) is 19.9 Å². The molecule has 2 N–H and O–H groups in total. The van der Waals surface area contributed by atoms with E-state index in [1.807, 2.05) is 40.4 Å². The summed E-state index contributed by atoms with van der Waals surface area (Å²) >= 11 is 13.8. The Morgan fingerprint density at radius 2 is 1.92 bits per heavy atom. The third-order valence-corrected chi connectivity index (χ3v) is 7.24. The number of rotatable bonds is 12. The monoisotopic (exact) mass is 557 g/mol. The second-order valence-corrected chi connectivity index (χ2v) is 9.97. The summed E-state index contributed by atoms with van der Waals surface area (Å²) in [7, 11) is 0. The number of benzene rings is 2. The third-order valence-electron chi connectivity index (χ3n) is 5.60. The van der Waals surface area contributed by atoms with Crippen LogP contribution in [0.3, 0.4) is 0 Å². The maximum Gasteiger partial charge on any atom is 0.305 e. The van der Waals surface area contributed by atoms with Gasteiger partial charge in [-0.1, -0.05) is 41.4 Å². The van der Waals surface area contributed by atoms with E-state index in [9.17, 15) is 9.59 Å². The molecule has 0 aliphatic rings. The topological polar surface area (TPSA) is 100 Å². The molecule has 0 fully saturated rings. The summed E-state index contributed by atoms with van der Waals surface area (Å²) in [4.78, 5) is 34.1. The van der Waals surface area contributed by atoms with Crippen molar-refractivity contribution >= 4 is 51.5 Å². The summed E-state index contributed by atoms with van der Waals surface area (Å²) in [6.07, 6.45) is 6.28. The number of amides is 1. The van der Waals surface area contributed by atoms with E-state index in [1.54, 1.807) is 42.1 Å². The number of hydrogen-bond acceptors (Lipinski definition) is 6. The highest BCUT2D eigenvalue weighted by atomic mass is 35.5. The van der Waals surface area contributed by atoms with Gasteiger partial charge in [-0.05, 0) is 36.2 Å². The first-order valence-electron chi connectivity index (χ1n) is 11.6. The quantitative estimate of drug-likeness (QED) is 0.234. The number of halogens is 2. The van der Waals surface area contributed by atoms with E-state index in [-0.39, 0.29) is 18.9 Å². The molecule has 4 rings (SSSR count). The van der Waals surface area contributed by atoms with Crippen LogP contribution in [0.25, 0.3) is 11.3 Å². The largest absolute Gasteiger partial charge is 0.481 e. The van der Waals surface area contributed by atoms with Gasteiger partial charge in [-0.25, -0.2) is 9.97 Å². The highest BCUT2D eigenvalue weighted by molar-refractivity contribution is 7.14. The Morgan fingerprint density at radius 3 is 2.62 bits per heavy atom. The zero-order valence-electron chi connectivity index (χ0n) is 19.8. The summed E-state index contributed by atoms with van der Waals surface area (Å²) in [5.74, 6) is -1.25. The van der Waals surface area contributed by atoms with Crippen molar-refractivity contribution in [3.63, 3.8) is 0 Å². The van der Waals surface area contributed by atoms with Crippen LogP contribution in [-0.2, 0) is 17.9 Å². The van der Waals surface area contributed by atoms with Gasteiger partial charge in [0.05, 0.1) is 28.5 Å². The molecule has 192 valence electrons. The lowest BCUT2D eigenvalue weighted by Gasteiger charge is -2.22. The van der Waals surface area contributed by atoms with Crippen LogP contribution >= 0.6 is 34.5 Å². The minimum Gasteiger partial charge on any atom is -0.481 e. The number of nitrogens with one attached hydrogen (secondary N) is 1. The Kier molecular flexibility index (Phi) is 9.16. The number of carbonyl (C=O) groups is 2. The molecule has 37 heavy (non-hydrogen) atoms. The molecule has 0 aliphatic heterocycles. The third kappa shape index (κ3) is 7.55. The molecule has 0 spiro atoms. The average Bonchev–Trinajstić information content (AvgIpc) is 3.58. The van der Waals surface area contributed by atoms with Gasteiger partial charge in [0.2, 0.25) is 0 Å². The first kappa shape index (κ1) is 26.7. The van der Waals surface area contributed by atoms with Gasteiger partial charge in [0, 0.05) is 55.1 Å². The molecule has 2 heterocycles. The number of anilines is 1. The van der Waals surface area contributed by atoms with Crippen LogP contribution in [0.1, 0.15) is 28.8 Å². The Hall–Kier alpha value is -3.40. The molecule has 0 radical (unpaired) electrons. The molecule has 8 nitrogen and oxygen atoms in total. The molecule has 0 aliphatic carbocycles. The number of carboxylic acids is 1. The van der Waals surface area contributed by atoms with Crippen molar-refractivity contribution in [3.05, 3.63) is 87.7 Å². The predicted octanol–water partition coefficient (Wildman–Crippen LogP) is 5.61. The Morgan fingerprint density at radius 1 is 1.11 bits per heavy atom. The van der Waals surface area contributed by atoms with Crippen LogP contribution in [0.4, 0.5) is 5.13 Å². The normalized spacial score (nSPS) is 10.9. The summed E-state index contributed by atoms with van der Waals surface area (Å²) in [5.41, 5.74) is 3.23. The molecule has 2 aromatic heterocycles. The number of aromatic nitrogens is 3. The summed E-state index contributed by atoms with van der Waals surface area (Å²) < 4.78 is 2.04. The van der Waals surface area contributed by atoms with Crippen LogP contribution < -0.4 is 10.2 Å². The van der Waals surface area contributed by atoms with Crippen molar-refractivity contribution < 1.29 is 14.7 Å². The summed E-state index contributed by atoms with van der Waals surface area (Å²) in [5, 5.41) is 15.2. The fourth-order valence-electron chi connectivity index (χ4n) is 3.67. The number of hydrogen-bond donors (Lipinski definition) is 2. The van der Waals surface area contributed by atoms with E-state index >= 15 is 0 Å². The van der Waals surface area contributed by atoms with Crippen molar-refractivity contribution in [1.29, 1.82) is 0 Å². The molecule has 2 aromatic carbocycles. The summed E-state index contributed by atoms with van der Waals surface area (Å²) in [6.45, 7) is 2.30. The Balaban J connectivity index is 1.47. The van der Waals surface area contributed by atoms with Crippen LogP contribution in [0.15, 0.2) is 66.6 Å². The van der Waals surface area contributed by atoms with E-state index in [2.05, 4.69) is 15.2 Å². The highest BCUT2D eigenvalue weighted by Crippen LogP contribution is 2.32. The Bertz CT molecular complexity index is 1340. The lowest BCUT2D eigenvalue weighted by Crippen LogP contribution is -2.26. The number of carbonyl (C=O) groups excluding carboxylic acids is 1. The van der Waals surface area contributed by atoms with E-state index in [0.29, 0.717) is 22.2 Å². The number of aryl methyl sites for hydroxylation is 1. The van der Waals surface area contributed by atoms with Crippen molar-refractivity contribution in [3.8, 4) is 11.3 Å². The first-order chi connectivity index (χ1) is 17.9. The Labute approximate surface area is 228 Å². The molecular weight excluding hydrogens is 533 g/mol. The molecule has 0 bridgehead atoms. The van der Waals surface area contributed by atoms with Gasteiger partial charge < -0.3 is 19.9 Å². The molecule has 0 saturated heterocycles. The minimum atomic E-state index is -0.951. The van der Waals surface area contributed by atoms with Crippen LogP contribution in [-0.4, -0.2) is 44.6 Å². The molecule has 0 unspecified atom stereocenters. The van der Waals surface area contributed by atoms with Crippen LogP contribution in [0.2, 0.25) is 10.0 Å². The predicted molar refractivity (Wildman–Crippen MR) is 146 cm³/mol. The van der Waals surface area contributed by atoms with Gasteiger partial charge in [-0.3, -0.25) is 9.59 Å². The summed E-state index contributed by atoms with van der Waals surface area (Å²) in [6, 6.07) is 12.8. The first-order valence-corrected chi connectivity index (χ1v) is 13.2. The van der Waals surface area contributed by atoms with E-state index in [1.165, 1.54) is 0 Å². The van der Waals surface area contributed by atoms with Crippen LogP contribution in [0.5, 0.6) is 0 Å². The highest BCUT2D eigenvalue weighted by Gasteiger charge is 2.15. The number of thiazole rings is 1. The fourth-order valence-corrected chi connectivity index (χ4v) is 4.83.